The van der Waals surface area contributed by atoms with Crippen LogP contribution in [0.5, 0.6) is 5.75 Å². The van der Waals surface area contributed by atoms with Crippen molar-refractivity contribution >= 4 is 34.9 Å². The summed E-state index contributed by atoms with van der Waals surface area (Å²) in [6, 6.07) is 2.50. The number of hydrogen-bond acceptors (Lipinski definition) is 5. The van der Waals surface area contributed by atoms with Crippen molar-refractivity contribution in [2.45, 2.75) is 18.9 Å². The monoisotopic (exact) mass is 327 g/mol. The molecule has 1 aromatic carbocycles. The minimum Gasteiger partial charge on any atom is -0.507 e. The van der Waals surface area contributed by atoms with Gasteiger partial charge in [0.1, 0.15) is 11.3 Å². The number of aliphatic hydroxyl groups excluding tert-OH is 1. The number of aromatic hydroxyl groups is 1. The molecule has 7 N–H and O–H groups in total. The first kappa shape index (κ1) is 17.7. The molecule has 0 bridgehead atoms. The maximum absolute atomic E-state index is 11.8. The third-order valence-electron chi connectivity index (χ3n) is 2.78. The van der Waals surface area contributed by atoms with Gasteiger partial charge in [0.05, 0.1) is 17.6 Å². The number of benzene rings is 1. The minimum atomic E-state index is -1.27. The number of carboxylic acids is 1. The van der Waals surface area contributed by atoms with E-state index in [0.717, 1.165) is 6.07 Å². The Bertz CT molecular complexity index is 579. The van der Waals surface area contributed by atoms with E-state index in [4.69, 9.17) is 28.2 Å². The largest absolute Gasteiger partial charge is 0.507 e. The van der Waals surface area contributed by atoms with Crippen LogP contribution in [0, 0.1) is 0 Å². The van der Waals surface area contributed by atoms with Crippen LogP contribution in [0.15, 0.2) is 18.2 Å². The number of anilines is 1. The predicted octanol–water partition coefficient (Wildman–Crippen LogP) is 0.639. The molecular weight excluding hydrogens is 310 g/mol. The standard InChI is InChI=1S/C13H17N3O5S/c14-11(22)4-2-8(6-17)16-13(21)15-7-1-3-9(12(19)20)10(18)5-7/h1,3,5,8,17-18H,2,4,6H2,(H2,14,22)(H,19,20)(H2,15,16,21). The topological polar surface area (TPSA) is 145 Å². The molecule has 9 heteroatoms. The minimum absolute atomic E-state index is 0.214. The molecule has 0 fully saturated rings. The summed E-state index contributed by atoms with van der Waals surface area (Å²) in [5, 5.41) is 32.4. The van der Waals surface area contributed by atoms with E-state index in [-0.39, 0.29) is 22.8 Å². The van der Waals surface area contributed by atoms with E-state index in [0.29, 0.717) is 12.8 Å². The SMILES string of the molecule is NC(=S)CCC(CO)NC(=O)Nc1ccc(C(=O)O)c(O)c1. The highest BCUT2D eigenvalue weighted by molar-refractivity contribution is 7.80. The Balaban J connectivity index is 2.62. The lowest BCUT2D eigenvalue weighted by Crippen LogP contribution is -2.40. The van der Waals surface area contributed by atoms with Gasteiger partial charge in [-0.1, -0.05) is 12.2 Å². The Morgan fingerprint density at radius 2 is 2.05 bits per heavy atom. The molecule has 2 amide bonds. The molecule has 22 heavy (non-hydrogen) atoms. The highest BCUT2D eigenvalue weighted by Crippen LogP contribution is 2.21. The smallest absolute Gasteiger partial charge is 0.339 e. The van der Waals surface area contributed by atoms with Gasteiger partial charge in [-0.05, 0) is 25.0 Å². The van der Waals surface area contributed by atoms with Crippen LogP contribution >= 0.6 is 12.2 Å². The van der Waals surface area contributed by atoms with Gasteiger partial charge in [-0.2, -0.15) is 0 Å². The first-order valence-electron chi connectivity index (χ1n) is 6.36. The maximum atomic E-state index is 11.8. The summed E-state index contributed by atoms with van der Waals surface area (Å²) in [7, 11) is 0. The van der Waals surface area contributed by atoms with E-state index >= 15 is 0 Å². The fraction of sp³-hybridized carbons (Fsp3) is 0.308. The van der Waals surface area contributed by atoms with Gasteiger partial charge in [0.15, 0.2) is 0 Å². The molecule has 0 aromatic heterocycles. The second-order valence-electron chi connectivity index (χ2n) is 4.52. The summed E-state index contributed by atoms with van der Waals surface area (Å²) in [5.74, 6) is -1.73. The first-order valence-corrected chi connectivity index (χ1v) is 6.77. The van der Waals surface area contributed by atoms with Crippen molar-refractivity contribution in [1.82, 2.24) is 5.32 Å². The normalized spacial score (nSPS) is 11.5. The van der Waals surface area contributed by atoms with Crippen molar-refractivity contribution in [3.05, 3.63) is 23.8 Å². The van der Waals surface area contributed by atoms with Crippen molar-refractivity contribution in [1.29, 1.82) is 0 Å². The van der Waals surface area contributed by atoms with Gasteiger partial charge < -0.3 is 31.7 Å². The molecule has 120 valence electrons. The molecule has 0 aliphatic carbocycles. The molecule has 1 atom stereocenters. The summed E-state index contributed by atoms with van der Waals surface area (Å²) in [6.07, 6.45) is 0.775. The average molecular weight is 327 g/mol. The number of aliphatic hydroxyl groups is 1. The quantitative estimate of drug-likeness (QED) is 0.403. The number of nitrogens with one attached hydrogen (secondary N) is 2. The molecule has 1 unspecified atom stereocenters. The Kier molecular flexibility index (Phi) is 6.54. The van der Waals surface area contributed by atoms with Crippen LogP contribution in [0.2, 0.25) is 0 Å². The second-order valence-corrected chi connectivity index (χ2v) is 5.04. The fourth-order valence-corrected chi connectivity index (χ4v) is 1.79. The highest BCUT2D eigenvalue weighted by atomic mass is 32.1. The Labute approximate surface area is 131 Å². The Morgan fingerprint density at radius 3 is 2.55 bits per heavy atom. The van der Waals surface area contributed by atoms with Crippen molar-refractivity contribution in [3.63, 3.8) is 0 Å². The van der Waals surface area contributed by atoms with Crippen molar-refractivity contribution in [3.8, 4) is 5.75 Å². The van der Waals surface area contributed by atoms with Gasteiger partial charge in [-0.25, -0.2) is 9.59 Å². The van der Waals surface area contributed by atoms with Crippen molar-refractivity contribution in [2.24, 2.45) is 5.73 Å². The molecule has 1 aromatic rings. The van der Waals surface area contributed by atoms with Crippen LogP contribution < -0.4 is 16.4 Å². The highest BCUT2D eigenvalue weighted by Gasteiger charge is 2.14. The molecule has 8 nitrogen and oxygen atoms in total. The summed E-state index contributed by atoms with van der Waals surface area (Å²) in [6.45, 7) is -0.279. The van der Waals surface area contributed by atoms with E-state index in [1.807, 2.05) is 0 Å². The van der Waals surface area contributed by atoms with Gasteiger partial charge in [0, 0.05) is 11.8 Å². The van der Waals surface area contributed by atoms with E-state index in [1.165, 1.54) is 12.1 Å². The number of carbonyl (C=O) groups excluding carboxylic acids is 1. The van der Waals surface area contributed by atoms with Gasteiger partial charge >= 0.3 is 12.0 Å². The molecular formula is C13H17N3O5S. The summed E-state index contributed by atoms with van der Waals surface area (Å²) >= 11 is 4.72. The number of phenols is 1. The lowest BCUT2D eigenvalue weighted by Gasteiger charge is -2.16. The third-order valence-corrected chi connectivity index (χ3v) is 2.98. The Morgan fingerprint density at radius 1 is 1.36 bits per heavy atom. The molecule has 0 radical (unpaired) electrons. The number of carboxylic acid groups (broad SMARTS) is 1. The zero-order valence-electron chi connectivity index (χ0n) is 11.6. The first-order chi connectivity index (χ1) is 10.3. The molecule has 0 aliphatic rings. The zero-order valence-corrected chi connectivity index (χ0v) is 12.4. The molecule has 0 aliphatic heterocycles. The van der Waals surface area contributed by atoms with Crippen LogP contribution in [0.25, 0.3) is 0 Å². The van der Waals surface area contributed by atoms with Crippen LogP contribution in [0.1, 0.15) is 23.2 Å². The van der Waals surface area contributed by atoms with Crippen molar-refractivity contribution in [2.75, 3.05) is 11.9 Å². The maximum Gasteiger partial charge on any atom is 0.339 e. The van der Waals surface area contributed by atoms with Crippen molar-refractivity contribution < 1.29 is 24.9 Å². The van der Waals surface area contributed by atoms with E-state index in [2.05, 4.69) is 10.6 Å². The number of thiocarbonyl (C=S) groups is 1. The number of rotatable bonds is 7. The number of carbonyl (C=O) groups is 2. The summed E-state index contributed by atoms with van der Waals surface area (Å²) in [5.41, 5.74) is 5.30. The van der Waals surface area contributed by atoms with E-state index < -0.39 is 23.8 Å². The number of aromatic carboxylic acids is 1. The van der Waals surface area contributed by atoms with Crippen LogP contribution in [-0.4, -0.2) is 45.0 Å². The molecule has 0 heterocycles. The summed E-state index contributed by atoms with van der Waals surface area (Å²) in [4.78, 5) is 22.8. The zero-order chi connectivity index (χ0) is 16.7. The predicted molar refractivity (Wildman–Crippen MR) is 84.1 cm³/mol. The van der Waals surface area contributed by atoms with E-state index in [1.54, 1.807) is 0 Å². The van der Waals surface area contributed by atoms with Gasteiger partial charge in [-0.15, -0.1) is 0 Å². The molecule has 0 saturated carbocycles. The fourth-order valence-electron chi connectivity index (χ4n) is 1.67. The summed E-state index contributed by atoms with van der Waals surface area (Å²) < 4.78 is 0. The lowest BCUT2D eigenvalue weighted by molar-refractivity contribution is 0.0693. The van der Waals surface area contributed by atoms with Gasteiger partial charge in [-0.3, -0.25) is 0 Å². The van der Waals surface area contributed by atoms with Crippen LogP contribution in [0.3, 0.4) is 0 Å². The molecule has 0 spiro atoms. The number of hydrogen-bond donors (Lipinski definition) is 6. The number of amides is 2. The second kappa shape index (κ2) is 8.15. The van der Waals surface area contributed by atoms with E-state index in [9.17, 15) is 14.7 Å². The van der Waals surface area contributed by atoms with Crippen LogP contribution in [0.4, 0.5) is 10.5 Å². The van der Waals surface area contributed by atoms with Crippen LogP contribution in [-0.2, 0) is 0 Å². The number of urea groups is 1. The van der Waals surface area contributed by atoms with Gasteiger partial charge in [0.2, 0.25) is 0 Å². The molecule has 0 saturated heterocycles. The Hall–Kier alpha value is -2.39. The lowest BCUT2D eigenvalue weighted by atomic mass is 10.1. The third kappa shape index (κ3) is 5.54. The number of nitrogens with two attached hydrogens (primary N) is 1. The molecule has 1 rings (SSSR count). The average Bonchev–Trinajstić information content (AvgIpc) is 2.42. The van der Waals surface area contributed by atoms with Gasteiger partial charge in [0.25, 0.3) is 0 Å².